The van der Waals surface area contributed by atoms with E-state index in [1.807, 2.05) is 12.2 Å². The van der Waals surface area contributed by atoms with E-state index in [1.165, 1.54) is 12.8 Å². The number of carboxylic acid groups (broad SMARTS) is 1. The number of carbonyl (C=O) groups is 1. The summed E-state index contributed by atoms with van der Waals surface area (Å²) in [6, 6.07) is 0. The van der Waals surface area contributed by atoms with Crippen molar-refractivity contribution < 1.29 is 9.90 Å². The van der Waals surface area contributed by atoms with Gasteiger partial charge in [0.05, 0.1) is 0 Å². The van der Waals surface area contributed by atoms with E-state index >= 15 is 0 Å². The Morgan fingerprint density at radius 1 is 0.682 bits per heavy atom. The number of hydrogen-bond donors (Lipinski definition) is 1. The van der Waals surface area contributed by atoms with Crippen molar-refractivity contribution in [2.45, 2.75) is 58.3 Å². The monoisotopic (exact) mass is 302 g/mol. The maximum Gasteiger partial charge on any atom is 0.303 e. The molecular formula is C20H30O2. The molecule has 122 valence electrons. The minimum Gasteiger partial charge on any atom is -0.481 e. The van der Waals surface area contributed by atoms with Crippen molar-refractivity contribution in [1.82, 2.24) is 0 Å². The summed E-state index contributed by atoms with van der Waals surface area (Å²) in [6.45, 7) is 2.19. The van der Waals surface area contributed by atoms with Crippen LogP contribution in [0.4, 0.5) is 0 Å². The highest BCUT2D eigenvalue weighted by molar-refractivity contribution is 5.66. The molecule has 0 rings (SSSR count). The van der Waals surface area contributed by atoms with Crippen LogP contribution in [0.25, 0.3) is 0 Å². The van der Waals surface area contributed by atoms with E-state index in [0.717, 1.165) is 25.7 Å². The minimum absolute atomic E-state index is 0.213. The van der Waals surface area contributed by atoms with Gasteiger partial charge in [-0.05, 0) is 38.5 Å². The molecule has 22 heavy (non-hydrogen) atoms. The zero-order valence-electron chi connectivity index (χ0n) is 13.8. The van der Waals surface area contributed by atoms with Crippen LogP contribution in [0.2, 0.25) is 0 Å². The van der Waals surface area contributed by atoms with Gasteiger partial charge in [0.15, 0.2) is 0 Å². The third-order valence-electron chi connectivity index (χ3n) is 2.90. The van der Waals surface area contributed by atoms with Crippen molar-refractivity contribution in [2.24, 2.45) is 0 Å². The van der Waals surface area contributed by atoms with Crippen LogP contribution in [0.3, 0.4) is 0 Å². The predicted molar refractivity (Wildman–Crippen MR) is 95.9 cm³/mol. The quantitative estimate of drug-likeness (QED) is 0.424. The Morgan fingerprint density at radius 2 is 1.05 bits per heavy atom. The number of hydrogen-bond acceptors (Lipinski definition) is 1. The number of rotatable bonds is 13. The maximum atomic E-state index is 10.3. The highest BCUT2D eigenvalue weighted by atomic mass is 16.4. The van der Waals surface area contributed by atoms with E-state index in [2.05, 4.69) is 55.5 Å². The molecule has 1 N–H and O–H groups in total. The van der Waals surface area contributed by atoms with E-state index in [1.54, 1.807) is 0 Å². The Morgan fingerprint density at radius 3 is 1.41 bits per heavy atom. The number of carboxylic acids is 1. The summed E-state index contributed by atoms with van der Waals surface area (Å²) >= 11 is 0. The summed E-state index contributed by atoms with van der Waals surface area (Å²) in [5, 5.41) is 8.48. The molecule has 0 atom stereocenters. The largest absolute Gasteiger partial charge is 0.481 e. The van der Waals surface area contributed by atoms with Crippen molar-refractivity contribution in [2.75, 3.05) is 0 Å². The minimum atomic E-state index is -0.739. The molecule has 0 aromatic heterocycles. The third kappa shape index (κ3) is 18.2. The molecule has 2 nitrogen and oxygen atoms in total. The molecule has 0 aromatic carbocycles. The van der Waals surface area contributed by atoms with Crippen LogP contribution in [0.1, 0.15) is 58.3 Å². The summed E-state index contributed by atoms with van der Waals surface area (Å²) in [4.78, 5) is 10.3. The molecule has 0 unspecified atom stereocenters. The molecule has 0 saturated carbocycles. The first-order chi connectivity index (χ1) is 10.8. The Kier molecular flexibility index (Phi) is 15.8. The Labute approximate surface area is 135 Å². The van der Waals surface area contributed by atoms with Gasteiger partial charge in [-0.25, -0.2) is 0 Å². The zero-order valence-corrected chi connectivity index (χ0v) is 13.8. The predicted octanol–water partition coefficient (Wildman–Crippen LogP) is 5.99. The fourth-order valence-electron chi connectivity index (χ4n) is 1.69. The number of allylic oxidation sites excluding steroid dienone is 10. The summed E-state index contributed by atoms with van der Waals surface area (Å²) in [5.74, 6) is -0.739. The van der Waals surface area contributed by atoms with Crippen LogP contribution in [0.5, 0.6) is 0 Å². The second-order valence-corrected chi connectivity index (χ2v) is 5.02. The lowest BCUT2D eigenvalue weighted by atomic mass is 10.2. The van der Waals surface area contributed by atoms with Crippen LogP contribution >= 0.6 is 0 Å². The Hall–Kier alpha value is -1.83. The molecule has 2 heteroatoms. The molecule has 0 fully saturated rings. The van der Waals surface area contributed by atoms with Crippen LogP contribution in [-0.2, 0) is 4.79 Å². The molecule has 0 aliphatic carbocycles. The molecule has 0 amide bonds. The fourth-order valence-corrected chi connectivity index (χ4v) is 1.69. The van der Waals surface area contributed by atoms with Gasteiger partial charge in [0.25, 0.3) is 0 Å². The Balaban J connectivity index is 3.48. The van der Waals surface area contributed by atoms with Gasteiger partial charge < -0.3 is 5.11 Å². The smallest absolute Gasteiger partial charge is 0.303 e. The van der Waals surface area contributed by atoms with Gasteiger partial charge in [-0.3, -0.25) is 4.79 Å². The summed E-state index contributed by atoms with van der Waals surface area (Å²) < 4.78 is 0. The van der Waals surface area contributed by atoms with Gasteiger partial charge in [-0.1, -0.05) is 74.1 Å². The van der Waals surface area contributed by atoms with Crippen molar-refractivity contribution in [1.29, 1.82) is 0 Å². The summed E-state index contributed by atoms with van der Waals surface area (Å²) in [5.41, 5.74) is 0. The first kappa shape index (κ1) is 20.2. The highest BCUT2D eigenvalue weighted by Gasteiger charge is 1.90. The van der Waals surface area contributed by atoms with Crippen LogP contribution in [0.15, 0.2) is 60.8 Å². The zero-order chi connectivity index (χ0) is 16.3. The van der Waals surface area contributed by atoms with E-state index in [4.69, 9.17) is 5.11 Å². The Bertz CT molecular complexity index is 398. The molecule has 0 aliphatic heterocycles. The van der Waals surface area contributed by atoms with Crippen molar-refractivity contribution in [3.63, 3.8) is 0 Å². The van der Waals surface area contributed by atoms with Gasteiger partial charge in [-0.2, -0.15) is 0 Å². The van der Waals surface area contributed by atoms with E-state index in [0.29, 0.717) is 6.42 Å². The van der Waals surface area contributed by atoms with Crippen LogP contribution in [-0.4, -0.2) is 11.1 Å². The first-order valence-electron chi connectivity index (χ1n) is 8.24. The lowest BCUT2D eigenvalue weighted by molar-refractivity contribution is -0.136. The standard InChI is InChI=1S/C20H30O2/c1-2-3-4-5-6-7-8-9-10-11-12-13-14-15-16-17-18-19-20(21)22/h4-5,7-8,10-11,13-14,16-17H,2-3,6,9,12,15,18-19H2,1H3,(H,21,22)/b5-4+,8-7+,11-10+,14-13+,17-16+. The lowest BCUT2D eigenvalue weighted by Gasteiger charge is -1.87. The fraction of sp³-hybridized carbons (Fsp3) is 0.450. The van der Waals surface area contributed by atoms with Gasteiger partial charge in [-0.15, -0.1) is 0 Å². The molecule has 0 spiro atoms. The average Bonchev–Trinajstić information content (AvgIpc) is 2.50. The molecule has 0 saturated heterocycles. The van der Waals surface area contributed by atoms with Crippen molar-refractivity contribution >= 4 is 5.97 Å². The second kappa shape index (κ2) is 17.2. The molecule has 0 bridgehead atoms. The first-order valence-corrected chi connectivity index (χ1v) is 8.24. The van der Waals surface area contributed by atoms with Gasteiger partial charge >= 0.3 is 5.97 Å². The van der Waals surface area contributed by atoms with Crippen LogP contribution < -0.4 is 0 Å². The topological polar surface area (TPSA) is 37.3 Å². The van der Waals surface area contributed by atoms with Gasteiger partial charge in [0, 0.05) is 6.42 Å². The molecule has 0 radical (unpaired) electrons. The summed E-state index contributed by atoms with van der Waals surface area (Å²) in [7, 11) is 0. The molecule has 0 heterocycles. The van der Waals surface area contributed by atoms with Crippen molar-refractivity contribution in [3.8, 4) is 0 Å². The molecule has 0 aromatic rings. The molecule has 0 aliphatic rings. The van der Waals surface area contributed by atoms with Crippen molar-refractivity contribution in [3.05, 3.63) is 60.8 Å². The average molecular weight is 302 g/mol. The normalized spacial score (nSPS) is 12.8. The third-order valence-corrected chi connectivity index (χ3v) is 2.90. The highest BCUT2D eigenvalue weighted by Crippen LogP contribution is 1.97. The SMILES string of the molecule is CCC/C=C/C/C=C/C/C=C/C/C=C/C/C=C/CCC(=O)O. The van der Waals surface area contributed by atoms with E-state index in [-0.39, 0.29) is 6.42 Å². The van der Waals surface area contributed by atoms with Crippen LogP contribution in [0, 0.1) is 0 Å². The molecular weight excluding hydrogens is 272 g/mol. The number of unbranched alkanes of at least 4 members (excludes halogenated alkanes) is 1. The number of aliphatic carboxylic acids is 1. The van der Waals surface area contributed by atoms with Gasteiger partial charge in [0.1, 0.15) is 0 Å². The van der Waals surface area contributed by atoms with Gasteiger partial charge in [0.2, 0.25) is 0 Å². The van der Waals surface area contributed by atoms with E-state index in [9.17, 15) is 4.79 Å². The maximum absolute atomic E-state index is 10.3. The lowest BCUT2D eigenvalue weighted by Crippen LogP contribution is -1.91. The second-order valence-electron chi connectivity index (χ2n) is 5.02. The van der Waals surface area contributed by atoms with E-state index < -0.39 is 5.97 Å². The summed E-state index contributed by atoms with van der Waals surface area (Å²) in [6.07, 6.45) is 28.4.